The third kappa shape index (κ3) is 4.52. The number of rotatable bonds is 4. The van der Waals surface area contributed by atoms with Crippen molar-refractivity contribution in [3.8, 4) is 17.2 Å². The van der Waals surface area contributed by atoms with Crippen LogP contribution in [0.2, 0.25) is 16.6 Å². The van der Waals surface area contributed by atoms with Crippen molar-refractivity contribution in [3.63, 3.8) is 0 Å². The van der Waals surface area contributed by atoms with Gasteiger partial charge in [-0.3, -0.25) is 0 Å². The molecule has 0 aliphatic heterocycles. The SMILES string of the molecule is C/C(=C/C#C[Si](C(C)C)(C(C)C)C(C)C)c1cc(Br)ccc1O. The van der Waals surface area contributed by atoms with Crippen LogP contribution in [0, 0.1) is 11.5 Å². The third-order valence-electron chi connectivity index (χ3n) is 4.83. The molecule has 0 aliphatic carbocycles. The maximum Gasteiger partial charge on any atom is 0.146 e. The molecule has 1 aromatic rings. The average Bonchev–Trinajstić information content (AvgIpc) is 2.44. The zero-order valence-corrected chi connectivity index (χ0v) is 18.0. The minimum Gasteiger partial charge on any atom is -0.507 e. The molecular weight excluding hydrogens is 364 g/mol. The molecule has 0 heterocycles. The van der Waals surface area contributed by atoms with E-state index in [0.717, 1.165) is 15.6 Å². The summed E-state index contributed by atoms with van der Waals surface area (Å²) in [7, 11) is -1.70. The van der Waals surface area contributed by atoms with Crippen LogP contribution >= 0.6 is 15.9 Å². The van der Waals surface area contributed by atoms with Gasteiger partial charge in [0, 0.05) is 10.0 Å². The molecule has 3 heteroatoms. The summed E-state index contributed by atoms with van der Waals surface area (Å²) in [6.45, 7) is 15.9. The number of allylic oxidation sites excluding steroid dienone is 2. The standard InChI is InChI=1S/C20H29BrOSi/c1-14(2)23(15(3)4,16(5)6)12-8-9-17(7)19-13-18(21)10-11-20(19)22/h9-11,13-16,22H,1-7H3/b17-9-. The van der Waals surface area contributed by atoms with E-state index >= 15 is 0 Å². The molecule has 0 radical (unpaired) electrons. The van der Waals surface area contributed by atoms with Gasteiger partial charge in [-0.15, -0.1) is 5.54 Å². The van der Waals surface area contributed by atoms with Crippen LogP contribution in [0.5, 0.6) is 5.75 Å². The van der Waals surface area contributed by atoms with Crippen molar-refractivity contribution in [1.82, 2.24) is 0 Å². The van der Waals surface area contributed by atoms with Gasteiger partial charge in [-0.05, 0) is 53.4 Å². The predicted molar refractivity (Wildman–Crippen MR) is 108 cm³/mol. The highest BCUT2D eigenvalue weighted by atomic mass is 79.9. The van der Waals surface area contributed by atoms with Crippen LogP contribution in [-0.4, -0.2) is 13.2 Å². The minimum atomic E-state index is -1.70. The fraction of sp³-hybridized carbons (Fsp3) is 0.500. The van der Waals surface area contributed by atoms with Crippen molar-refractivity contribution in [2.45, 2.75) is 65.1 Å². The van der Waals surface area contributed by atoms with Crippen LogP contribution in [0.25, 0.3) is 5.57 Å². The zero-order valence-electron chi connectivity index (χ0n) is 15.4. The van der Waals surface area contributed by atoms with Gasteiger partial charge in [-0.1, -0.05) is 63.4 Å². The Hall–Kier alpha value is -0.983. The maximum absolute atomic E-state index is 10.0. The molecule has 0 atom stereocenters. The van der Waals surface area contributed by atoms with E-state index in [1.165, 1.54) is 0 Å². The molecular formula is C20H29BrOSi. The van der Waals surface area contributed by atoms with E-state index in [-0.39, 0.29) is 0 Å². The van der Waals surface area contributed by atoms with E-state index in [0.29, 0.717) is 22.4 Å². The highest BCUT2D eigenvalue weighted by molar-refractivity contribution is 9.10. The van der Waals surface area contributed by atoms with Crippen molar-refractivity contribution in [1.29, 1.82) is 0 Å². The second-order valence-electron chi connectivity index (χ2n) is 7.16. The highest BCUT2D eigenvalue weighted by Crippen LogP contribution is 2.40. The number of hydrogen-bond acceptors (Lipinski definition) is 1. The third-order valence-corrected chi connectivity index (χ3v) is 11.6. The van der Waals surface area contributed by atoms with Gasteiger partial charge in [0.05, 0.1) is 0 Å². The smallest absolute Gasteiger partial charge is 0.146 e. The molecule has 0 saturated heterocycles. The van der Waals surface area contributed by atoms with Crippen LogP contribution in [0.4, 0.5) is 0 Å². The Morgan fingerprint density at radius 1 is 1.09 bits per heavy atom. The van der Waals surface area contributed by atoms with Crippen molar-refractivity contribution in [2.24, 2.45) is 0 Å². The van der Waals surface area contributed by atoms with Crippen molar-refractivity contribution in [3.05, 3.63) is 34.3 Å². The summed E-state index contributed by atoms with van der Waals surface area (Å²) in [5, 5.41) is 10.0. The lowest BCUT2D eigenvalue weighted by atomic mass is 10.1. The van der Waals surface area contributed by atoms with Gasteiger partial charge in [0.1, 0.15) is 13.8 Å². The maximum atomic E-state index is 10.0. The Labute approximate surface area is 151 Å². The van der Waals surface area contributed by atoms with Crippen molar-refractivity contribution >= 4 is 29.6 Å². The minimum absolute atomic E-state index is 0.295. The molecule has 0 bridgehead atoms. The van der Waals surface area contributed by atoms with Gasteiger partial charge in [-0.2, -0.15) is 0 Å². The Morgan fingerprint density at radius 2 is 1.61 bits per heavy atom. The van der Waals surface area contributed by atoms with Gasteiger partial charge < -0.3 is 5.11 Å². The summed E-state index contributed by atoms with van der Waals surface area (Å²) in [5.74, 6) is 3.63. The molecule has 1 nitrogen and oxygen atoms in total. The summed E-state index contributed by atoms with van der Waals surface area (Å²) in [6, 6.07) is 5.48. The zero-order chi connectivity index (χ0) is 17.8. The number of phenolic OH excluding ortho intramolecular Hbond substituents is 1. The first kappa shape index (κ1) is 20.1. The molecule has 1 N–H and O–H groups in total. The molecule has 0 unspecified atom stereocenters. The number of hydrogen-bond donors (Lipinski definition) is 1. The lowest BCUT2D eigenvalue weighted by Crippen LogP contribution is -2.43. The Kier molecular flexibility index (Phi) is 7.17. The summed E-state index contributed by atoms with van der Waals surface area (Å²) >= 11 is 3.45. The molecule has 0 spiro atoms. The monoisotopic (exact) mass is 392 g/mol. The fourth-order valence-electron chi connectivity index (χ4n) is 3.60. The largest absolute Gasteiger partial charge is 0.507 e. The molecule has 0 fully saturated rings. The number of halogens is 1. The molecule has 1 aromatic carbocycles. The topological polar surface area (TPSA) is 20.2 Å². The van der Waals surface area contributed by atoms with E-state index < -0.39 is 8.07 Å². The first-order valence-corrected chi connectivity index (χ1v) is 11.3. The van der Waals surface area contributed by atoms with E-state index in [1.54, 1.807) is 6.07 Å². The Morgan fingerprint density at radius 3 is 2.09 bits per heavy atom. The molecule has 0 saturated carbocycles. The van der Waals surface area contributed by atoms with Gasteiger partial charge >= 0.3 is 0 Å². The first-order chi connectivity index (χ1) is 10.6. The van der Waals surface area contributed by atoms with Gasteiger partial charge in [0.15, 0.2) is 0 Å². The average molecular weight is 393 g/mol. The predicted octanol–water partition coefficient (Wildman–Crippen LogP) is 6.78. The second-order valence-corrected chi connectivity index (χ2v) is 13.7. The molecule has 0 amide bonds. The second kappa shape index (κ2) is 8.21. The van der Waals surface area contributed by atoms with E-state index in [9.17, 15) is 5.11 Å². The summed E-state index contributed by atoms with van der Waals surface area (Å²) < 4.78 is 0.960. The van der Waals surface area contributed by atoms with Crippen molar-refractivity contribution < 1.29 is 5.11 Å². The summed E-state index contributed by atoms with van der Waals surface area (Å²) in [4.78, 5) is 0. The Bertz CT molecular complexity index is 611. The van der Waals surface area contributed by atoms with E-state index in [4.69, 9.17) is 0 Å². The lowest BCUT2D eigenvalue weighted by molar-refractivity contribution is 0.473. The number of aromatic hydroxyl groups is 1. The van der Waals surface area contributed by atoms with Crippen LogP contribution in [0.1, 0.15) is 54.0 Å². The number of phenols is 1. The van der Waals surface area contributed by atoms with Crippen LogP contribution in [0.3, 0.4) is 0 Å². The van der Waals surface area contributed by atoms with Gasteiger partial charge in [0.2, 0.25) is 0 Å². The van der Waals surface area contributed by atoms with Gasteiger partial charge in [0.25, 0.3) is 0 Å². The van der Waals surface area contributed by atoms with Crippen LogP contribution < -0.4 is 0 Å². The molecule has 0 aromatic heterocycles. The molecule has 23 heavy (non-hydrogen) atoms. The van der Waals surface area contributed by atoms with Gasteiger partial charge in [-0.25, -0.2) is 0 Å². The normalized spacial score (nSPS) is 12.7. The van der Waals surface area contributed by atoms with E-state index in [2.05, 4.69) is 68.9 Å². The van der Waals surface area contributed by atoms with Crippen LogP contribution in [0.15, 0.2) is 28.7 Å². The van der Waals surface area contributed by atoms with Crippen LogP contribution in [-0.2, 0) is 0 Å². The Balaban J connectivity index is 3.25. The summed E-state index contributed by atoms with van der Waals surface area (Å²) in [6.07, 6.45) is 1.95. The molecule has 126 valence electrons. The number of benzene rings is 1. The fourth-order valence-corrected chi connectivity index (χ4v) is 9.15. The summed E-state index contributed by atoms with van der Waals surface area (Å²) in [5.41, 5.74) is 7.40. The highest BCUT2D eigenvalue weighted by Gasteiger charge is 2.41. The lowest BCUT2D eigenvalue weighted by Gasteiger charge is -2.38. The van der Waals surface area contributed by atoms with Crippen molar-refractivity contribution in [2.75, 3.05) is 0 Å². The quantitative estimate of drug-likeness (QED) is 0.442. The van der Waals surface area contributed by atoms with E-state index in [1.807, 2.05) is 25.1 Å². The molecule has 0 aliphatic rings. The molecule has 1 rings (SSSR count). The first-order valence-electron chi connectivity index (χ1n) is 8.31.